The fourth-order valence-corrected chi connectivity index (χ4v) is 6.91. The Morgan fingerprint density at radius 1 is 1.18 bits per heavy atom. The number of aryl methyl sites for hydroxylation is 2. The first-order chi connectivity index (χ1) is 21.7. The molecule has 2 aliphatic heterocycles. The number of carboxylic acid groups (broad SMARTS) is 1. The van der Waals surface area contributed by atoms with Crippen molar-refractivity contribution in [1.29, 1.82) is 0 Å². The van der Waals surface area contributed by atoms with Crippen molar-refractivity contribution in [1.82, 2.24) is 14.7 Å². The van der Waals surface area contributed by atoms with Crippen LogP contribution in [0.1, 0.15) is 63.0 Å². The Balaban J connectivity index is 1.51. The van der Waals surface area contributed by atoms with Crippen molar-refractivity contribution in [3.05, 3.63) is 65.7 Å². The van der Waals surface area contributed by atoms with Crippen molar-refractivity contribution in [2.45, 2.75) is 77.4 Å². The van der Waals surface area contributed by atoms with Crippen LogP contribution >= 0.6 is 0 Å². The maximum atomic E-state index is 14.4. The molecule has 3 aromatic rings. The van der Waals surface area contributed by atoms with Gasteiger partial charge in [0.05, 0.1) is 19.6 Å². The Labute approximate surface area is 263 Å². The summed E-state index contributed by atoms with van der Waals surface area (Å²) in [5.74, 6) is -1.15. The van der Waals surface area contributed by atoms with E-state index in [0.29, 0.717) is 48.0 Å². The minimum Gasteiger partial charge on any atom is -0.493 e. The van der Waals surface area contributed by atoms with Gasteiger partial charge in [-0.25, -0.2) is 4.39 Å². The number of aliphatic carboxylic acids is 1. The van der Waals surface area contributed by atoms with E-state index in [2.05, 4.69) is 18.9 Å². The minimum atomic E-state index is -0.932. The molecule has 0 saturated carbocycles. The van der Waals surface area contributed by atoms with Crippen molar-refractivity contribution in [2.24, 2.45) is 5.92 Å². The van der Waals surface area contributed by atoms with Gasteiger partial charge in [0.15, 0.2) is 11.5 Å². The Bertz CT molecular complexity index is 1480. The van der Waals surface area contributed by atoms with Crippen molar-refractivity contribution in [3.63, 3.8) is 0 Å². The highest BCUT2D eigenvalue weighted by Crippen LogP contribution is 2.47. The van der Waals surface area contributed by atoms with Gasteiger partial charge in [-0.1, -0.05) is 26.7 Å². The van der Waals surface area contributed by atoms with E-state index in [0.717, 1.165) is 31.2 Å². The summed E-state index contributed by atoms with van der Waals surface area (Å²) < 4.78 is 32.9. The van der Waals surface area contributed by atoms with Gasteiger partial charge in [-0.05, 0) is 73.7 Å². The second-order valence-corrected chi connectivity index (χ2v) is 11.9. The summed E-state index contributed by atoms with van der Waals surface area (Å²) in [7, 11) is 1.54. The number of carbonyl (C=O) groups excluding carboxylic acids is 1. The zero-order valence-corrected chi connectivity index (χ0v) is 26.4. The van der Waals surface area contributed by atoms with Gasteiger partial charge in [0, 0.05) is 49.2 Å². The number of methoxy groups -OCH3 is 1. The fraction of sp³-hybridized carbons (Fsp3) is 0.500. The number of ether oxygens (including phenoxy) is 3. The maximum absolute atomic E-state index is 14.4. The van der Waals surface area contributed by atoms with Crippen molar-refractivity contribution >= 4 is 17.6 Å². The van der Waals surface area contributed by atoms with Crippen LogP contribution < -0.4 is 19.1 Å². The molecule has 0 bridgehead atoms. The first-order valence-electron chi connectivity index (χ1n) is 15.8. The third-order valence-electron chi connectivity index (χ3n) is 8.99. The largest absolute Gasteiger partial charge is 0.493 e. The molecule has 1 fully saturated rings. The number of amides is 1. The van der Waals surface area contributed by atoms with Gasteiger partial charge < -0.3 is 24.2 Å². The Morgan fingerprint density at radius 2 is 1.96 bits per heavy atom. The van der Waals surface area contributed by atoms with E-state index in [9.17, 15) is 19.1 Å². The number of nitrogens with zero attached hydrogens (tertiary/aromatic N) is 4. The lowest BCUT2D eigenvalue weighted by Crippen LogP contribution is -2.48. The first-order valence-corrected chi connectivity index (χ1v) is 15.8. The molecule has 11 heteroatoms. The third kappa shape index (κ3) is 6.93. The summed E-state index contributed by atoms with van der Waals surface area (Å²) >= 11 is 0. The fourth-order valence-electron chi connectivity index (χ4n) is 6.91. The van der Waals surface area contributed by atoms with Crippen LogP contribution in [0.4, 0.5) is 10.1 Å². The molecule has 1 unspecified atom stereocenters. The third-order valence-corrected chi connectivity index (χ3v) is 8.99. The summed E-state index contributed by atoms with van der Waals surface area (Å²) in [5.41, 5.74) is 1.88. The lowest BCUT2D eigenvalue weighted by molar-refractivity contribution is -0.143. The van der Waals surface area contributed by atoms with E-state index in [1.165, 1.54) is 13.2 Å². The molecule has 3 heterocycles. The number of rotatable bonds is 14. The smallest absolute Gasteiger partial charge is 0.308 e. The van der Waals surface area contributed by atoms with E-state index in [4.69, 9.17) is 14.2 Å². The van der Waals surface area contributed by atoms with Gasteiger partial charge in [0.2, 0.25) is 18.4 Å². The molecule has 10 nitrogen and oxygen atoms in total. The van der Waals surface area contributed by atoms with Gasteiger partial charge in [-0.2, -0.15) is 5.10 Å². The summed E-state index contributed by atoms with van der Waals surface area (Å²) in [6, 6.07) is 9.76. The lowest BCUT2D eigenvalue weighted by Gasteiger charge is -2.35. The standard InChI is InChI=1S/C34H43FN4O6/c1-5-8-24(9-6-2)39(25-10-11-27(35)22(3)16-25)31(40)20-37-19-26(23-17-29(43-4)33-30(18-23)44-21-45-33)32(34(41)42)28(37)12-15-38-14-7-13-36-38/h7,10-11,13-14,16-18,24,26,28,32H,5-6,8-9,12,15,19-21H2,1-4H3,(H,41,42)/t26-,28+,32?/m1/s1. The molecule has 0 spiro atoms. The van der Waals surface area contributed by atoms with Gasteiger partial charge in [-0.3, -0.25) is 19.2 Å². The minimum absolute atomic E-state index is 0.0199. The molecule has 45 heavy (non-hydrogen) atoms. The number of halogens is 1. The van der Waals surface area contributed by atoms with Crippen LogP contribution in [0.3, 0.4) is 0 Å². The molecule has 0 aliphatic carbocycles. The zero-order valence-electron chi connectivity index (χ0n) is 26.4. The van der Waals surface area contributed by atoms with Crippen LogP contribution in [0.5, 0.6) is 17.2 Å². The highest BCUT2D eigenvalue weighted by Gasteiger charge is 2.48. The number of likely N-dealkylation sites (tertiary alicyclic amines) is 1. The van der Waals surface area contributed by atoms with E-state index in [-0.39, 0.29) is 31.1 Å². The van der Waals surface area contributed by atoms with Gasteiger partial charge in [0.1, 0.15) is 5.82 Å². The monoisotopic (exact) mass is 622 g/mol. The average Bonchev–Trinajstić information content (AvgIpc) is 3.78. The van der Waals surface area contributed by atoms with Crippen LogP contribution in [0.15, 0.2) is 48.8 Å². The number of hydrogen-bond acceptors (Lipinski definition) is 7. The average molecular weight is 623 g/mol. The summed E-state index contributed by atoms with van der Waals surface area (Å²) in [4.78, 5) is 31.2. The quantitative estimate of drug-likeness (QED) is 0.247. The topological polar surface area (TPSA) is 106 Å². The molecule has 1 N–H and O–H groups in total. The van der Waals surface area contributed by atoms with Crippen LogP contribution in [-0.2, 0) is 16.1 Å². The maximum Gasteiger partial charge on any atom is 0.308 e. The van der Waals surface area contributed by atoms with Crippen molar-refractivity contribution in [2.75, 3.05) is 31.9 Å². The van der Waals surface area contributed by atoms with Gasteiger partial charge >= 0.3 is 5.97 Å². The molecule has 242 valence electrons. The number of carboxylic acids is 1. The molecule has 3 atom stereocenters. The Hall–Kier alpha value is -4.12. The highest BCUT2D eigenvalue weighted by molar-refractivity contribution is 5.95. The number of carbonyl (C=O) groups is 2. The Morgan fingerprint density at radius 3 is 2.60 bits per heavy atom. The van der Waals surface area contributed by atoms with Crippen molar-refractivity contribution in [3.8, 4) is 17.2 Å². The molecular weight excluding hydrogens is 579 g/mol. The second kappa shape index (κ2) is 14.3. The number of anilines is 1. The molecule has 2 aliphatic rings. The first kappa shape index (κ1) is 32.3. The summed E-state index contributed by atoms with van der Waals surface area (Å²) in [5, 5.41) is 15.0. The van der Waals surface area contributed by atoms with Crippen LogP contribution in [0, 0.1) is 18.7 Å². The SMILES string of the molecule is CCCC(CCC)N(C(=O)CN1C[C@H](c2cc(OC)c3c(c2)OCO3)C(C(=O)O)[C@@H]1CCn1cccn1)c1ccc(F)c(C)c1. The molecule has 0 radical (unpaired) electrons. The van der Waals surface area contributed by atoms with E-state index < -0.39 is 23.8 Å². The van der Waals surface area contributed by atoms with Crippen LogP contribution in [-0.4, -0.2) is 70.7 Å². The molecule has 5 rings (SSSR count). The number of fused-ring (bicyclic) bond motifs is 1. The number of benzene rings is 2. The molecule has 1 saturated heterocycles. The van der Waals surface area contributed by atoms with E-state index in [1.54, 1.807) is 29.9 Å². The normalized spacial score (nSPS) is 19.3. The van der Waals surface area contributed by atoms with E-state index >= 15 is 0 Å². The van der Waals surface area contributed by atoms with Gasteiger partial charge in [0.25, 0.3) is 0 Å². The van der Waals surface area contributed by atoms with Crippen LogP contribution in [0.2, 0.25) is 0 Å². The number of aromatic nitrogens is 2. The number of hydrogen-bond donors (Lipinski definition) is 1. The summed E-state index contributed by atoms with van der Waals surface area (Å²) in [6.45, 7) is 6.81. The summed E-state index contributed by atoms with van der Waals surface area (Å²) in [6.07, 6.45) is 7.40. The molecule has 1 amide bonds. The molecule has 1 aromatic heterocycles. The molecular formula is C34H43FN4O6. The predicted octanol–water partition coefficient (Wildman–Crippen LogP) is 5.63. The highest BCUT2D eigenvalue weighted by atomic mass is 19.1. The molecule has 2 aromatic carbocycles. The second-order valence-electron chi connectivity index (χ2n) is 11.9. The van der Waals surface area contributed by atoms with Crippen molar-refractivity contribution < 1.29 is 33.3 Å². The van der Waals surface area contributed by atoms with Crippen LogP contribution in [0.25, 0.3) is 0 Å². The Kier molecular flexibility index (Phi) is 10.3. The van der Waals surface area contributed by atoms with Gasteiger partial charge in [-0.15, -0.1) is 0 Å². The van der Waals surface area contributed by atoms with E-state index in [1.807, 2.05) is 34.2 Å². The zero-order chi connectivity index (χ0) is 32.1. The lowest BCUT2D eigenvalue weighted by atomic mass is 9.84. The predicted molar refractivity (Wildman–Crippen MR) is 167 cm³/mol.